The third-order valence-corrected chi connectivity index (χ3v) is 5.83. The second-order valence-electron chi connectivity index (χ2n) is 6.35. The highest BCUT2D eigenvalue weighted by Crippen LogP contribution is 2.28. The average molecular weight is 450 g/mol. The second kappa shape index (κ2) is 7.74. The number of fused-ring (bicyclic) bond motifs is 1. The minimum Gasteiger partial charge on any atom is -0.456 e. The molecule has 1 aromatic heterocycles. The maximum atomic E-state index is 12.6. The van der Waals surface area contributed by atoms with Gasteiger partial charge in [0.1, 0.15) is 6.04 Å². The molecular formula is C19H16BrNO5S. The Hall–Kier alpha value is -2.32. The molecule has 2 heterocycles. The van der Waals surface area contributed by atoms with Crippen molar-refractivity contribution < 1.29 is 23.9 Å². The maximum Gasteiger partial charge on any atom is 0.330 e. The molecule has 2 amide bonds. The van der Waals surface area contributed by atoms with Gasteiger partial charge in [-0.15, -0.1) is 11.3 Å². The molecule has 0 aliphatic carbocycles. The van der Waals surface area contributed by atoms with E-state index >= 15 is 0 Å². The van der Waals surface area contributed by atoms with Crippen molar-refractivity contribution in [1.29, 1.82) is 0 Å². The van der Waals surface area contributed by atoms with Gasteiger partial charge in [-0.1, -0.05) is 26.0 Å². The van der Waals surface area contributed by atoms with Crippen molar-refractivity contribution in [1.82, 2.24) is 4.90 Å². The van der Waals surface area contributed by atoms with Crippen molar-refractivity contribution in [3.05, 3.63) is 56.2 Å². The summed E-state index contributed by atoms with van der Waals surface area (Å²) in [6.45, 7) is 2.99. The molecule has 1 atom stereocenters. The molecule has 0 N–H and O–H groups in total. The summed E-state index contributed by atoms with van der Waals surface area (Å²) in [6, 6.07) is 8.69. The van der Waals surface area contributed by atoms with Crippen LogP contribution in [0, 0.1) is 5.92 Å². The molecule has 0 fully saturated rings. The number of rotatable bonds is 6. The number of thiophene rings is 1. The van der Waals surface area contributed by atoms with E-state index < -0.39 is 30.4 Å². The van der Waals surface area contributed by atoms with Gasteiger partial charge < -0.3 is 4.74 Å². The molecule has 2 aromatic rings. The summed E-state index contributed by atoms with van der Waals surface area (Å²) >= 11 is 4.51. The summed E-state index contributed by atoms with van der Waals surface area (Å²) in [5, 5.41) is 0. The van der Waals surface area contributed by atoms with E-state index in [2.05, 4.69) is 15.9 Å². The van der Waals surface area contributed by atoms with Crippen LogP contribution in [0.3, 0.4) is 0 Å². The number of halogens is 1. The predicted molar refractivity (Wildman–Crippen MR) is 103 cm³/mol. The normalized spacial score (nSPS) is 14.4. The van der Waals surface area contributed by atoms with Crippen LogP contribution in [0.1, 0.15) is 44.2 Å². The van der Waals surface area contributed by atoms with E-state index in [0.717, 1.165) is 8.69 Å². The van der Waals surface area contributed by atoms with Gasteiger partial charge in [0.05, 0.1) is 19.8 Å². The smallest absolute Gasteiger partial charge is 0.330 e. The molecule has 0 radical (unpaired) electrons. The lowest BCUT2D eigenvalue weighted by molar-refractivity contribution is -0.148. The summed E-state index contributed by atoms with van der Waals surface area (Å²) in [4.78, 5) is 51.5. The highest BCUT2D eigenvalue weighted by Gasteiger charge is 2.44. The Morgan fingerprint density at radius 3 is 2.15 bits per heavy atom. The largest absolute Gasteiger partial charge is 0.456 e. The van der Waals surface area contributed by atoms with E-state index in [1.165, 1.54) is 11.3 Å². The molecule has 1 unspecified atom stereocenters. The van der Waals surface area contributed by atoms with Crippen molar-refractivity contribution in [3.63, 3.8) is 0 Å². The number of carbonyl (C=O) groups is 4. The summed E-state index contributed by atoms with van der Waals surface area (Å²) < 4.78 is 5.95. The zero-order valence-electron chi connectivity index (χ0n) is 14.6. The minimum absolute atomic E-state index is 0.264. The molecule has 3 rings (SSSR count). The van der Waals surface area contributed by atoms with Gasteiger partial charge in [0.25, 0.3) is 11.8 Å². The average Bonchev–Trinajstić information content (AvgIpc) is 3.17. The molecule has 8 heteroatoms. The molecule has 27 heavy (non-hydrogen) atoms. The van der Waals surface area contributed by atoms with Gasteiger partial charge >= 0.3 is 5.97 Å². The molecule has 140 valence electrons. The van der Waals surface area contributed by atoms with Gasteiger partial charge in [-0.2, -0.15) is 0 Å². The van der Waals surface area contributed by atoms with Gasteiger partial charge in [0.2, 0.25) is 5.78 Å². The van der Waals surface area contributed by atoms with Crippen LogP contribution in [0.4, 0.5) is 0 Å². The van der Waals surface area contributed by atoms with Gasteiger partial charge in [-0.25, -0.2) is 4.79 Å². The Labute approximate surface area is 168 Å². The molecular weight excluding hydrogens is 434 g/mol. The van der Waals surface area contributed by atoms with Gasteiger partial charge in [0, 0.05) is 0 Å². The Morgan fingerprint density at radius 2 is 1.67 bits per heavy atom. The van der Waals surface area contributed by atoms with E-state index in [4.69, 9.17) is 4.74 Å². The topological polar surface area (TPSA) is 80.8 Å². The Balaban J connectivity index is 1.76. The monoisotopic (exact) mass is 449 g/mol. The highest BCUT2D eigenvalue weighted by atomic mass is 79.9. The van der Waals surface area contributed by atoms with Crippen molar-refractivity contribution in [3.8, 4) is 0 Å². The van der Waals surface area contributed by atoms with E-state index in [1.54, 1.807) is 50.2 Å². The number of esters is 1. The molecule has 1 aliphatic heterocycles. The molecule has 1 aliphatic rings. The van der Waals surface area contributed by atoms with Gasteiger partial charge in [0.15, 0.2) is 6.61 Å². The molecule has 0 spiro atoms. The number of ketones is 1. The first-order chi connectivity index (χ1) is 12.8. The van der Waals surface area contributed by atoms with Crippen molar-refractivity contribution in [2.24, 2.45) is 5.92 Å². The van der Waals surface area contributed by atoms with Crippen molar-refractivity contribution >= 4 is 50.8 Å². The summed E-state index contributed by atoms with van der Waals surface area (Å²) in [5.74, 6) is -2.54. The fourth-order valence-electron chi connectivity index (χ4n) is 2.89. The number of imide groups is 1. The van der Waals surface area contributed by atoms with Gasteiger partial charge in [-0.05, 0) is 46.1 Å². The van der Waals surface area contributed by atoms with Crippen LogP contribution in [0.15, 0.2) is 40.2 Å². The first kappa shape index (κ1) is 19.4. The second-order valence-corrected chi connectivity index (χ2v) is 8.81. The number of ether oxygens (including phenoxy) is 1. The number of carbonyl (C=O) groups excluding carboxylic acids is 4. The summed E-state index contributed by atoms with van der Waals surface area (Å²) in [6.07, 6.45) is 0. The lowest BCUT2D eigenvalue weighted by Crippen LogP contribution is -2.49. The number of benzene rings is 1. The Morgan fingerprint density at radius 1 is 1.07 bits per heavy atom. The van der Waals surface area contributed by atoms with Crippen LogP contribution >= 0.6 is 27.3 Å². The molecule has 1 aromatic carbocycles. The zero-order valence-corrected chi connectivity index (χ0v) is 17.0. The van der Waals surface area contributed by atoms with Crippen LogP contribution in [0.5, 0.6) is 0 Å². The quantitative estimate of drug-likeness (QED) is 0.382. The van der Waals surface area contributed by atoms with Crippen LogP contribution < -0.4 is 0 Å². The molecule has 0 saturated heterocycles. The molecule has 0 bridgehead atoms. The summed E-state index contributed by atoms with van der Waals surface area (Å²) in [5.41, 5.74) is 0.529. The SMILES string of the molecule is CC(C)C(C(=O)OCC(=O)c1ccc(Br)s1)N1C(=O)c2ccccc2C1=O. The number of Topliss-reactive ketones (excluding diaryl/α,β-unsaturated/α-hetero) is 1. The molecule has 0 saturated carbocycles. The number of hydrogen-bond donors (Lipinski definition) is 0. The first-order valence-corrected chi connectivity index (χ1v) is 9.84. The third-order valence-electron chi connectivity index (χ3n) is 4.17. The third kappa shape index (κ3) is 3.72. The minimum atomic E-state index is -1.10. The number of hydrogen-bond acceptors (Lipinski definition) is 6. The van der Waals surface area contributed by atoms with Crippen LogP contribution in [-0.2, 0) is 9.53 Å². The lowest BCUT2D eigenvalue weighted by Gasteiger charge is -2.27. The Kier molecular flexibility index (Phi) is 5.57. The van der Waals surface area contributed by atoms with E-state index in [9.17, 15) is 19.2 Å². The zero-order chi connectivity index (χ0) is 19.7. The molecule has 6 nitrogen and oxygen atoms in total. The standard InChI is InChI=1S/C19H16BrNO5S/c1-10(2)16(19(25)26-9-13(22)14-7-8-15(20)27-14)21-17(23)11-5-3-4-6-12(11)18(21)24/h3-8,10,16H,9H2,1-2H3. The van der Waals surface area contributed by atoms with Crippen LogP contribution in [0.2, 0.25) is 0 Å². The first-order valence-electron chi connectivity index (χ1n) is 8.23. The highest BCUT2D eigenvalue weighted by molar-refractivity contribution is 9.11. The number of nitrogens with zero attached hydrogens (tertiary/aromatic N) is 1. The fraction of sp³-hybridized carbons (Fsp3) is 0.263. The van der Waals surface area contributed by atoms with E-state index in [0.29, 0.717) is 4.88 Å². The Bertz CT molecular complexity index is 901. The predicted octanol–water partition coefficient (Wildman–Crippen LogP) is 3.56. The van der Waals surface area contributed by atoms with Crippen LogP contribution in [0.25, 0.3) is 0 Å². The lowest BCUT2D eigenvalue weighted by atomic mass is 10.0. The van der Waals surface area contributed by atoms with Crippen molar-refractivity contribution in [2.75, 3.05) is 6.61 Å². The van der Waals surface area contributed by atoms with E-state index in [1.807, 2.05) is 0 Å². The van der Waals surface area contributed by atoms with E-state index in [-0.39, 0.29) is 22.8 Å². The fourth-order valence-corrected chi connectivity index (χ4v) is 4.20. The van der Waals surface area contributed by atoms with Crippen LogP contribution in [-0.4, -0.2) is 41.1 Å². The summed E-state index contributed by atoms with van der Waals surface area (Å²) in [7, 11) is 0. The van der Waals surface area contributed by atoms with Gasteiger partial charge in [-0.3, -0.25) is 19.3 Å². The number of amides is 2. The van der Waals surface area contributed by atoms with Crippen molar-refractivity contribution in [2.45, 2.75) is 19.9 Å². The maximum absolute atomic E-state index is 12.6.